The van der Waals surface area contributed by atoms with E-state index >= 15 is 0 Å². The van der Waals surface area contributed by atoms with Gasteiger partial charge in [0.25, 0.3) is 0 Å². The van der Waals surface area contributed by atoms with Gasteiger partial charge in [-0.3, -0.25) is 9.59 Å². The second-order valence-corrected chi connectivity index (χ2v) is 5.74. The van der Waals surface area contributed by atoms with Crippen LogP contribution >= 0.6 is 0 Å². The summed E-state index contributed by atoms with van der Waals surface area (Å²) in [6.07, 6.45) is 4.61. The fourth-order valence-corrected chi connectivity index (χ4v) is 2.97. The molecule has 0 atom stereocenters. The Labute approximate surface area is 126 Å². The lowest BCUT2D eigenvalue weighted by Gasteiger charge is -2.21. The molecule has 1 aliphatic carbocycles. The molecule has 1 aromatic carbocycles. The summed E-state index contributed by atoms with van der Waals surface area (Å²) < 4.78 is 0. The minimum Gasteiger partial charge on any atom is -0.299 e. The quantitative estimate of drug-likeness (QED) is 0.757. The van der Waals surface area contributed by atoms with Gasteiger partial charge in [-0.05, 0) is 55.4 Å². The maximum atomic E-state index is 11.7. The van der Waals surface area contributed by atoms with Gasteiger partial charge in [-0.15, -0.1) is 0 Å². The van der Waals surface area contributed by atoms with Crippen molar-refractivity contribution in [3.8, 4) is 0 Å². The molecule has 1 aromatic rings. The van der Waals surface area contributed by atoms with Crippen molar-refractivity contribution in [2.24, 2.45) is 5.92 Å². The van der Waals surface area contributed by atoms with Crippen molar-refractivity contribution in [3.63, 3.8) is 0 Å². The minimum atomic E-state index is -0.566. The first kappa shape index (κ1) is 15.4. The monoisotopic (exact) mass is 282 g/mol. The summed E-state index contributed by atoms with van der Waals surface area (Å²) in [7, 11) is 0. The lowest BCUT2D eigenvalue weighted by atomic mass is 9.81. The molecule has 0 bridgehead atoms. The number of allylic oxidation sites excluding steroid dienone is 2. The van der Waals surface area contributed by atoms with E-state index in [0.717, 1.165) is 36.0 Å². The van der Waals surface area contributed by atoms with Gasteiger partial charge >= 0.3 is 0 Å². The average molecular weight is 282 g/mol. The van der Waals surface area contributed by atoms with Crippen LogP contribution in [0, 0.1) is 5.92 Å². The number of carbonyl (C=O) groups excluding carboxylic acids is 2. The first-order valence-electron chi connectivity index (χ1n) is 7.46. The highest BCUT2D eigenvalue weighted by atomic mass is 16.1. The van der Waals surface area contributed by atoms with Crippen LogP contribution in [0.3, 0.4) is 0 Å². The molecule has 21 heavy (non-hydrogen) atoms. The summed E-state index contributed by atoms with van der Waals surface area (Å²) in [5.41, 5.74) is 5.67. The van der Waals surface area contributed by atoms with E-state index in [0.29, 0.717) is 0 Å². The second kappa shape index (κ2) is 6.21. The third-order valence-corrected chi connectivity index (χ3v) is 4.19. The van der Waals surface area contributed by atoms with E-state index in [2.05, 4.69) is 31.7 Å². The average Bonchev–Trinajstić information content (AvgIpc) is 2.45. The number of ketones is 2. The van der Waals surface area contributed by atoms with Crippen molar-refractivity contribution in [2.75, 3.05) is 0 Å². The summed E-state index contributed by atoms with van der Waals surface area (Å²) >= 11 is 0. The first-order valence-corrected chi connectivity index (χ1v) is 7.46. The van der Waals surface area contributed by atoms with Crippen molar-refractivity contribution in [1.82, 2.24) is 0 Å². The van der Waals surface area contributed by atoms with Crippen LogP contribution in [0.1, 0.15) is 50.3 Å². The zero-order valence-electron chi connectivity index (χ0n) is 13.0. The molecule has 0 unspecified atom stereocenters. The van der Waals surface area contributed by atoms with Crippen molar-refractivity contribution in [3.05, 3.63) is 47.0 Å². The van der Waals surface area contributed by atoms with E-state index in [4.69, 9.17) is 0 Å². The number of aryl methyl sites for hydroxylation is 1. The highest BCUT2D eigenvalue weighted by Crippen LogP contribution is 2.31. The molecule has 0 saturated heterocycles. The van der Waals surface area contributed by atoms with Crippen LogP contribution in [0.5, 0.6) is 0 Å². The van der Waals surface area contributed by atoms with Gasteiger partial charge in [-0.2, -0.15) is 0 Å². The Morgan fingerprint density at radius 2 is 1.86 bits per heavy atom. The Hall–Kier alpha value is -1.96. The molecule has 110 valence electrons. The maximum absolute atomic E-state index is 11.7. The summed E-state index contributed by atoms with van der Waals surface area (Å²) in [5.74, 6) is -0.690. The minimum absolute atomic E-state index is 0.0619. The zero-order valence-corrected chi connectivity index (χ0v) is 13.0. The van der Waals surface area contributed by atoms with Crippen molar-refractivity contribution >= 4 is 23.2 Å². The molecule has 2 heteroatoms. The van der Waals surface area contributed by atoms with Gasteiger partial charge in [-0.25, -0.2) is 0 Å². The standard InChI is InChI=1S/C19H22O2/c1-5-12(2)15-6-7-17-11-18(9-8-16(17)10-15)19(13(3)20)14(4)21/h6-7,10-11,19H,2,5,8-9H2,1,3-4H3. The Bertz CT molecular complexity index is 621. The largest absolute Gasteiger partial charge is 0.299 e. The number of hydrogen-bond acceptors (Lipinski definition) is 2. The highest BCUT2D eigenvalue weighted by Gasteiger charge is 2.26. The van der Waals surface area contributed by atoms with E-state index in [9.17, 15) is 9.59 Å². The van der Waals surface area contributed by atoms with Crippen molar-refractivity contribution in [1.29, 1.82) is 0 Å². The van der Waals surface area contributed by atoms with Gasteiger partial charge in [-0.1, -0.05) is 43.4 Å². The van der Waals surface area contributed by atoms with Crippen molar-refractivity contribution in [2.45, 2.75) is 40.0 Å². The highest BCUT2D eigenvalue weighted by molar-refractivity contribution is 6.04. The van der Waals surface area contributed by atoms with E-state index in [1.54, 1.807) is 0 Å². The molecule has 0 fully saturated rings. The lowest BCUT2D eigenvalue weighted by molar-refractivity contribution is -0.128. The van der Waals surface area contributed by atoms with E-state index < -0.39 is 5.92 Å². The summed E-state index contributed by atoms with van der Waals surface area (Å²) in [6, 6.07) is 6.33. The van der Waals surface area contributed by atoms with Gasteiger partial charge in [0.05, 0.1) is 5.92 Å². The topological polar surface area (TPSA) is 34.1 Å². The number of hydrogen-bond donors (Lipinski definition) is 0. The summed E-state index contributed by atoms with van der Waals surface area (Å²) in [6.45, 7) is 9.17. The molecule has 0 amide bonds. The zero-order chi connectivity index (χ0) is 15.6. The van der Waals surface area contributed by atoms with Crippen LogP contribution < -0.4 is 0 Å². The van der Waals surface area contributed by atoms with Crippen molar-refractivity contribution < 1.29 is 9.59 Å². The first-order chi connectivity index (χ1) is 9.93. The molecular weight excluding hydrogens is 260 g/mol. The normalized spacial score (nSPS) is 13.6. The van der Waals surface area contributed by atoms with Gasteiger partial charge in [0.1, 0.15) is 11.6 Å². The smallest absolute Gasteiger partial charge is 0.144 e. The predicted molar refractivity (Wildman–Crippen MR) is 86.9 cm³/mol. The van der Waals surface area contributed by atoms with Gasteiger partial charge in [0.2, 0.25) is 0 Å². The van der Waals surface area contributed by atoms with Crippen LogP contribution in [-0.2, 0) is 16.0 Å². The Balaban J connectivity index is 2.37. The molecule has 0 aliphatic heterocycles. The lowest BCUT2D eigenvalue weighted by Crippen LogP contribution is -2.23. The summed E-state index contributed by atoms with van der Waals surface area (Å²) in [5, 5.41) is 0. The number of fused-ring (bicyclic) bond motifs is 1. The molecule has 0 spiro atoms. The Kier molecular flexibility index (Phi) is 4.56. The van der Waals surface area contributed by atoms with Crippen LogP contribution in [0.25, 0.3) is 11.6 Å². The second-order valence-electron chi connectivity index (χ2n) is 5.74. The number of benzene rings is 1. The molecule has 0 aromatic heterocycles. The fraction of sp³-hybridized carbons (Fsp3) is 0.368. The summed E-state index contributed by atoms with van der Waals surface area (Å²) in [4.78, 5) is 23.4. The van der Waals surface area contributed by atoms with Crippen LogP contribution in [-0.4, -0.2) is 11.6 Å². The third kappa shape index (κ3) is 3.21. The SMILES string of the molecule is C=C(CC)c1ccc2c(c1)CCC(C(C(C)=O)C(C)=O)=C2. The molecular formula is C19H22O2. The van der Waals surface area contributed by atoms with E-state index in [1.807, 2.05) is 6.08 Å². The molecule has 1 aliphatic rings. The molecule has 0 saturated carbocycles. The van der Waals surface area contributed by atoms with Gasteiger partial charge < -0.3 is 0 Å². The Morgan fingerprint density at radius 1 is 1.19 bits per heavy atom. The molecule has 2 rings (SSSR count). The number of carbonyl (C=O) groups is 2. The van der Waals surface area contributed by atoms with Crippen LogP contribution in [0.4, 0.5) is 0 Å². The van der Waals surface area contributed by atoms with Gasteiger partial charge in [0, 0.05) is 0 Å². The van der Waals surface area contributed by atoms with Gasteiger partial charge in [0.15, 0.2) is 0 Å². The molecule has 0 N–H and O–H groups in total. The van der Waals surface area contributed by atoms with E-state index in [1.165, 1.54) is 25.0 Å². The van der Waals surface area contributed by atoms with Crippen LogP contribution in [0.2, 0.25) is 0 Å². The maximum Gasteiger partial charge on any atom is 0.144 e. The number of Topliss-reactive ketones (excluding diaryl/α,β-unsaturated/α-hetero) is 2. The predicted octanol–water partition coefficient (Wildman–Crippen LogP) is 4.23. The Morgan fingerprint density at radius 3 is 2.43 bits per heavy atom. The van der Waals surface area contributed by atoms with Crippen LogP contribution in [0.15, 0.2) is 30.4 Å². The third-order valence-electron chi connectivity index (χ3n) is 4.19. The molecule has 0 radical (unpaired) electrons. The van der Waals surface area contributed by atoms with E-state index in [-0.39, 0.29) is 11.6 Å². The molecule has 0 heterocycles. The number of rotatable bonds is 5. The molecule has 2 nitrogen and oxygen atoms in total. The fourth-order valence-electron chi connectivity index (χ4n) is 2.97.